The first-order chi connectivity index (χ1) is 8.58. The van der Waals surface area contributed by atoms with E-state index in [4.69, 9.17) is 9.47 Å². The molecule has 2 nitrogen and oxygen atoms in total. The van der Waals surface area contributed by atoms with Crippen LogP contribution in [0, 0.1) is 0 Å². The third kappa shape index (κ3) is 8.93. The van der Waals surface area contributed by atoms with Gasteiger partial charge in [0.05, 0.1) is 11.7 Å². The number of hydrogen-bond acceptors (Lipinski definition) is 2. The minimum atomic E-state index is 0.0749. The van der Waals surface area contributed by atoms with Crippen molar-refractivity contribution in [2.45, 2.75) is 91.3 Å². The zero-order valence-electron chi connectivity index (χ0n) is 13.3. The highest BCUT2D eigenvalue weighted by Crippen LogP contribution is 2.23. The zero-order valence-corrected chi connectivity index (χ0v) is 13.3. The molecular formula is C16H34O2. The molecule has 0 saturated carbocycles. The molecule has 0 bridgehead atoms. The van der Waals surface area contributed by atoms with Crippen molar-refractivity contribution < 1.29 is 9.47 Å². The maximum absolute atomic E-state index is 6.03. The molecule has 110 valence electrons. The van der Waals surface area contributed by atoms with Crippen LogP contribution in [0.3, 0.4) is 0 Å². The summed E-state index contributed by atoms with van der Waals surface area (Å²) in [4.78, 5) is 0. The summed E-state index contributed by atoms with van der Waals surface area (Å²) in [5.41, 5.74) is 0.0749. The standard InChI is InChI=1S/C16H34O2/c1-6-9-14-18-16(5,8-3)12-10-11-13-17-15(4)7-2/h15H,6-14H2,1-5H3. The lowest BCUT2D eigenvalue weighted by molar-refractivity contribution is -0.0444. The molecule has 0 N–H and O–H groups in total. The van der Waals surface area contributed by atoms with E-state index in [2.05, 4.69) is 34.6 Å². The van der Waals surface area contributed by atoms with Crippen LogP contribution in [0.5, 0.6) is 0 Å². The summed E-state index contributed by atoms with van der Waals surface area (Å²) in [6.45, 7) is 12.8. The van der Waals surface area contributed by atoms with Crippen LogP contribution >= 0.6 is 0 Å². The first kappa shape index (κ1) is 17.9. The average Bonchev–Trinajstić information content (AvgIpc) is 2.38. The average molecular weight is 258 g/mol. The molecule has 0 aromatic carbocycles. The van der Waals surface area contributed by atoms with Crippen molar-refractivity contribution >= 4 is 0 Å². The quantitative estimate of drug-likeness (QED) is 0.461. The van der Waals surface area contributed by atoms with Gasteiger partial charge in [0, 0.05) is 13.2 Å². The molecule has 0 aliphatic heterocycles. The highest BCUT2D eigenvalue weighted by atomic mass is 16.5. The monoisotopic (exact) mass is 258 g/mol. The van der Waals surface area contributed by atoms with Crippen LogP contribution in [0.15, 0.2) is 0 Å². The second-order valence-corrected chi connectivity index (χ2v) is 5.55. The smallest absolute Gasteiger partial charge is 0.0652 e. The lowest BCUT2D eigenvalue weighted by atomic mass is 9.96. The second kappa shape index (κ2) is 10.8. The van der Waals surface area contributed by atoms with Crippen molar-refractivity contribution in [2.24, 2.45) is 0 Å². The third-order valence-electron chi connectivity index (χ3n) is 3.77. The van der Waals surface area contributed by atoms with Crippen molar-refractivity contribution in [3.05, 3.63) is 0 Å². The molecule has 0 aliphatic rings. The molecule has 0 spiro atoms. The highest BCUT2D eigenvalue weighted by Gasteiger charge is 2.21. The molecule has 18 heavy (non-hydrogen) atoms. The van der Waals surface area contributed by atoms with Crippen LogP contribution in [0.4, 0.5) is 0 Å². The van der Waals surface area contributed by atoms with Crippen molar-refractivity contribution in [3.8, 4) is 0 Å². The molecule has 2 heteroatoms. The van der Waals surface area contributed by atoms with Gasteiger partial charge in [-0.15, -0.1) is 0 Å². The molecule has 0 saturated heterocycles. The lowest BCUT2D eigenvalue weighted by Crippen LogP contribution is -2.28. The molecule has 0 radical (unpaired) electrons. The van der Waals surface area contributed by atoms with E-state index in [1.807, 2.05) is 0 Å². The van der Waals surface area contributed by atoms with E-state index in [1.54, 1.807) is 0 Å². The van der Waals surface area contributed by atoms with E-state index >= 15 is 0 Å². The Morgan fingerprint density at radius 1 is 1.00 bits per heavy atom. The van der Waals surface area contributed by atoms with Gasteiger partial charge in [-0.3, -0.25) is 0 Å². The van der Waals surface area contributed by atoms with Gasteiger partial charge in [0.1, 0.15) is 0 Å². The summed E-state index contributed by atoms with van der Waals surface area (Å²) in [5, 5.41) is 0. The fourth-order valence-corrected chi connectivity index (χ4v) is 1.82. The Balaban J connectivity index is 3.65. The van der Waals surface area contributed by atoms with Gasteiger partial charge in [-0.05, 0) is 52.4 Å². The summed E-state index contributed by atoms with van der Waals surface area (Å²) in [7, 11) is 0. The summed E-state index contributed by atoms with van der Waals surface area (Å²) < 4.78 is 11.7. The van der Waals surface area contributed by atoms with Gasteiger partial charge < -0.3 is 9.47 Å². The maximum atomic E-state index is 6.03. The van der Waals surface area contributed by atoms with Gasteiger partial charge in [0.15, 0.2) is 0 Å². The van der Waals surface area contributed by atoms with Crippen LogP contribution in [0.2, 0.25) is 0 Å². The Morgan fingerprint density at radius 2 is 1.72 bits per heavy atom. The van der Waals surface area contributed by atoms with E-state index in [9.17, 15) is 0 Å². The summed E-state index contributed by atoms with van der Waals surface area (Å²) >= 11 is 0. The third-order valence-corrected chi connectivity index (χ3v) is 3.77. The van der Waals surface area contributed by atoms with Gasteiger partial charge in [-0.25, -0.2) is 0 Å². The largest absolute Gasteiger partial charge is 0.379 e. The van der Waals surface area contributed by atoms with Gasteiger partial charge >= 0.3 is 0 Å². The first-order valence-corrected chi connectivity index (χ1v) is 7.83. The van der Waals surface area contributed by atoms with Crippen molar-refractivity contribution in [1.29, 1.82) is 0 Å². The molecular weight excluding hydrogens is 224 g/mol. The SMILES string of the molecule is CCCCOC(C)(CC)CCCCOC(C)CC. The van der Waals surface area contributed by atoms with Crippen molar-refractivity contribution in [3.63, 3.8) is 0 Å². The molecule has 0 rings (SSSR count). The van der Waals surface area contributed by atoms with E-state index < -0.39 is 0 Å². The van der Waals surface area contributed by atoms with Gasteiger partial charge in [-0.2, -0.15) is 0 Å². The van der Waals surface area contributed by atoms with E-state index in [1.165, 1.54) is 19.3 Å². The molecule has 0 fully saturated rings. The topological polar surface area (TPSA) is 18.5 Å². The van der Waals surface area contributed by atoms with E-state index in [0.29, 0.717) is 6.10 Å². The molecule has 0 aliphatic carbocycles. The molecule has 2 atom stereocenters. The molecule has 2 unspecified atom stereocenters. The number of hydrogen-bond donors (Lipinski definition) is 0. The normalized spacial score (nSPS) is 16.5. The lowest BCUT2D eigenvalue weighted by Gasteiger charge is -2.29. The number of ether oxygens (including phenoxy) is 2. The predicted octanol–water partition coefficient (Wildman–Crippen LogP) is 4.96. The first-order valence-electron chi connectivity index (χ1n) is 7.83. The van der Waals surface area contributed by atoms with Crippen LogP contribution in [-0.4, -0.2) is 24.9 Å². The minimum Gasteiger partial charge on any atom is -0.379 e. The Labute approximate surface area is 114 Å². The Kier molecular flexibility index (Phi) is 10.8. The maximum Gasteiger partial charge on any atom is 0.0652 e. The second-order valence-electron chi connectivity index (χ2n) is 5.55. The Hall–Kier alpha value is -0.0800. The molecule has 0 aromatic rings. The number of rotatable bonds is 12. The van der Waals surface area contributed by atoms with Crippen LogP contribution in [0.1, 0.15) is 79.6 Å². The Morgan fingerprint density at radius 3 is 2.28 bits per heavy atom. The Bertz CT molecular complexity index is 182. The summed E-state index contributed by atoms with van der Waals surface area (Å²) in [6, 6.07) is 0. The zero-order chi connectivity index (χ0) is 13.9. The summed E-state index contributed by atoms with van der Waals surface area (Å²) in [6.07, 6.45) is 8.50. The van der Waals surface area contributed by atoms with Crippen LogP contribution in [-0.2, 0) is 9.47 Å². The molecule has 0 aromatic heterocycles. The fraction of sp³-hybridized carbons (Fsp3) is 1.00. The van der Waals surface area contributed by atoms with Gasteiger partial charge in [0.25, 0.3) is 0 Å². The van der Waals surface area contributed by atoms with Gasteiger partial charge in [-0.1, -0.05) is 27.2 Å². The van der Waals surface area contributed by atoms with Crippen LogP contribution in [0.25, 0.3) is 0 Å². The van der Waals surface area contributed by atoms with E-state index in [0.717, 1.165) is 38.9 Å². The molecule has 0 amide bonds. The predicted molar refractivity (Wildman–Crippen MR) is 79.1 cm³/mol. The minimum absolute atomic E-state index is 0.0749. The van der Waals surface area contributed by atoms with Crippen molar-refractivity contribution in [1.82, 2.24) is 0 Å². The fourth-order valence-electron chi connectivity index (χ4n) is 1.82. The number of unbranched alkanes of at least 4 members (excludes halogenated alkanes) is 2. The van der Waals surface area contributed by atoms with E-state index in [-0.39, 0.29) is 5.60 Å². The summed E-state index contributed by atoms with van der Waals surface area (Å²) in [5.74, 6) is 0. The van der Waals surface area contributed by atoms with Crippen molar-refractivity contribution in [2.75, 3.05) is 13.2 Å². The van der Waals surface area contributed by atoms with Gasteiger partial charge in [0.2, 0.25) is 0 Å². The highest BCUT2D eigenvalue weighted by molar-refractivity contribution is 4.73. The molecule has 0 heterocycles. The van der Waals surface area contributed by atoms with Crippen LogP contribution < -0.4 is 0 Å².